The topological polar surface area (TPSA) is 129 Å². The van der Waals surface area contributed by atoms with E-state index in [1.165, 1.54) is 0 Å². The average molecular weight is 370 g/mol. The van der Waals surface area contributed by atoms with Gasteiger partial charge in [-0.05, 0) is 43.4 Å². The lowest BCUT2D eigenvalue weighted by Crippen LogP contribution is -2.52. The molecule has 2 aromatic rings. The van der Waals surface area contributed by atoms with E-state index in [0.29, 0.717) is 24.5 Å². The molecule has 1 aromatic heterocycles. The molecular weight excluding hydrogens is 344 g/mol. The molecule has 1 aliphatic carbocycles. The van der Waals surface area contributed by atoms with Crippen molar-refractivity contribution in [2.75, 3.05) is 24.6 Å². The zero-order valence-corrected chi connectivity index (χ0v) is 15.3. The van der Waals surface area contributed by atoms with Crippen LogP contribution in [0.2, 0.25) is 0 Å². The fourth-order valence-corrected chi connectivity index (χ4v) is 3.70. The Hall–Kier alpha value is -2.90. The maximum absolute atomic E-state index is 12.3. The minimum absolute atomic E-state index is 0.00974. The van der Waals surface area contributed by atoms with Crippen LogP contribution in [0.1, 0.15) is 31.2 Å². The number of aromatic amines is 1. The van der Waals surface area contributed by atoms with E-state index in [2.05, 4.69) is 15.6 Å². The maximum atomic E-state index is 12.3. The molecule has 8 heteroatoms. The number of anilines is 2. The molecule has 3 amide bonds. The first-order valence-electron chi connectivity index (χ1n) is 9.49. The van der Waals surface area contributed by atoms with Crippen LogP contribution in [-0.4, -0.2) is 41.0 Å². The average Bonchev–Trinajstić information content (AvgIpc) is 3.45. The molecule has 1 atom stereocenters. The van der Waals surface area contributed by atoms with Crippen molar-refractivity contribution >= 4 is 34.2 Å². The molecule has 144 valence electrons. The number of aromatic nitrogens is 1. The Balaban J connectivity index is 1.31. The van der Waals surface area contributed by atoms with Crippen molar-refractivity contribution < 1.29 is 9.59 Å². The molecule has 2 aliphatic rings. The van der Waals surface area contributed by atoms with Crippen LogP contribution in [0.4, 0.5) is 16.2 Å². The zero-order valence-electron chi connectivity index (χ0n) is 15.3. The third-order valence-corrected chi connectivity index (χ3v) is 5.41. The van der Waals surface area contributed by atoms with Crippen molar-refractivity contribution in [3.05, 3.63) is 23.9 Å². The first-order valence-corrected chi connectivity index (χ1v) is 9.49. The lowest BCUT2D eigenvalue weighted by Gasteiger charge is -2.33. The summed E-state index contributed by atoms with van der Waals surface area (Å²) in [6, 6.07) is 3.46. The van der Waals surface area contributed by atoms with E-state index >= 15 is 0 Å². The summed E-state index contributed by atoms with van der Waals surface area (Å²) in [6.07, 6.45) is 5.54. The van der Waals surface area contributed by atoms with Crippen molar-refractivity contribution in [2.24, 2.45) is 5.92 Å². The predicted octanol–water partition coefficient (Wildman–Crippen LogP) is 1.53. The van der Waals surface area contributed by atoms with Crippen LogP contribution in [0, 0.1) is 5.92 Å². The number of hydrogen-bond donors (Lipinski definition) is 5. The monoisotopic (exact) mass is 370 g/mol. The van der Waals surface area contributed by atoms with E-state index in [-0.39, 0.29) is 23.9 Å². The van der Waals surface area contributed by atoms with E-state index < -0.39 is 0 Å². The molecule has 27 heavy (non-hydrogen) atoms. The fraction of sp³-hybridized carbons (Fsp3) is 0.474. The number of likely N-dealkylation sites (tertiary alicyclic amines) is 1. The Labute approximate surface area is 157 Å². The second kappa shape index (κ2) is 7.02. The smallest absolute Gasteiger partial charge is 0.315 e. The summed E-state index contributed by atoms with van der Waals surface area (Å²) in [5.41, 5.74) is 14.9. The second-order valence-corrected chi connectivity index (χ2v) is 7.57. The SMILES string of the molecule is Nc1cc2c(N)c[nH]c2cc1CNC(=O)N[C@@H]1CCCN(C(=O)C2CC2)C1. The summed E-state index contributed by atoms with van der Waals surface area (Å²) in [4.78, 5) is 29.5. The number of carbonyl (C=O) groups is 2. The van der Waals surface area contributed by atoms with Gasteiger partial charge in [-0.15, -0.1) is 0 Å². The number of rotatable bonds is 4. The number of nitrogens with zero attached hydrogens (tertiary/aromatic N) is 1. The third kappa shape index (κ3) is 3.79. The first-order chi connectivity index (χ1) is 13.0. The highest BCUT2D eigenvalue weighted by atomic mass is 16.2. The van der Waals surface area contributed by atoms with Gasteiger partial charge in [-0.3, -0.25) is 4.79 Å². The van der Waals surface area contributed by atoms with E-state index in [9.17, 15) is 9.59 Å². The Morgan fingerprint density at radius 1 is 1.19 bits per heavy atom. The van der Waals surface area contributed by atoms with Gasteiger partial charge in [0.15, 0.2) is 0 Å². The number of hydrogen-bond acceptors (Lipinski definition) is 4. The molecule has 1 aliphatic heterocycles. The van der Waals surface area contributed by atoms with Crippen LogP contribution in [0.3, 0.4) is 0 Å². The van der Waals surface area contributed by atoms with Gasteiger partial charge >= 0.3 is 6.03 Å². The van der Waals surface area contributed by atoms with E-state index in [0.717, 1.165) is 48.7 Å². The number of benzene rings is 1. The minimum atomic E-state index is -0.244. The number of urea groups is 1. The van der Waals surface area contributed by atoms with E-state index in [4.69, 9.17) is 11.5 Å². The Morgan fingerprint density at radius 2 is 2.00 bits per heavy atom. The van der Waals surface area contributed by atoms with Gasteiger partial charge in [-0.2, -0.15) is 0 Å². The van der Waals surface area contributed by atoms with Gasteiger partial charge in [0.05, 0.1) is 5.69 Å². The van der Waals surface area contributed by atoms with Crippen LogP contribution in [0.15, 0.2) is 18.3 Å². The molecule has 0 spiro atoms. The highest BCUT2D eigenvalue weighted by molar-refractivity contribution is 5.94. The third-order valence-electron chi connectivity index (χ3n) is 5.41. The Morgan fingerprint density at radius 3 is 2.78 bits per heavy atom. The number of fused-ring (bicyclic) bond motifs is 1. The summed E-state index contributed by atoms with van der Waals surface area (Å²) in [5.74, 6) is 0.464. The fourth-order valence-electron chi connectivity index (χ4n) is 3.70. The highest BCUT2D eigenvalue weighted by Crippen LogP contribution is 2.32. The number of nitrogens with two attached hydrogens (primary N) is 2. The van der Waals surface area contributed by atoms with Gasteiger partial charge in [0.2, 0.25) is 5.91 Å². The van der Waals surface area contributed by atoms with E-state index in [1.807, 2.05) is 17.0 Å². The predicted molar refractivity (Wildman–Crippen MR) is 105 cm³/mol. The second-order valence-electron chi connectivity index (χ2n) is 7.57. The molecule has 8 nitrogen and oxygen atoms in total. The van der Waals surface area contributed by atoms with E-state index in [1.54, 1.807) is 6.20 Å². The van der Waals surface area contributed by atoms with Gasteiger partial charge in [0.25, 0.3) is 0 Å². The van der Waals surface area contributed by atoms with Gasteiger partial charge < -0.3 is 32.0 Å². The van der Waals surface area contributed by atoms with Crippen LogP contribution in [0.25, 0.3) is 10.9 Å². The highest BCUT2D eigenvalue weighted by Gasteiger charge is 2.35. The van der Waals surface area contributed by atoms with Crippen LogP contribution < -0.4 is 22.1 Å². The van der Waals surface area contributed by atoms with Gasteiger partial charge in [0, 0.05) is 54.4 Å². The molecule has 0 radical (unpaired) electrons. The quantitative estimate of drug-likeness (QED) is 0.523. The van der Waals surface area contributed by atoms with Crippen LogP contribution in [-0.2, 0) is 11.3 Å². The van der Waals surface area contributed by atoms with Crippen LogP contribution in [0.5, 0.6) is 0 Å². The lowest BCUT2D eigenvalue weighted by molar-refractivity contribution is -0.133. The van der Waals surface area contributed by atoms with Crippen molar-refractivity contribution in [3.8, 4) is 0 Å². The minimum Gasteiger partial charge on any atom is -0.398 e. The molecular formula is C19H26N6O2. The Bertz CT molecular complexity index is 872. The number of nitrogens with one attached hydrogen (secondary N) is 3. The molecule has 2 fully saturated rings. The summed E-state index contributed by atoms with van der Waals surface area (Å²) in [6.45, 7) is 1.72. The number of piperidine rings is 1. The number of amides is 3. The van der Waals surface area contributed by atoms with Crippen LogP contribution >= 0.6 is 0 Å². The number of H-pyrrole nitrogens is 1. The molecule has 4 rings (SSSR count). The summed E-state index contributed by atoms with van der Waals surface area (Å²) in [7, 11) is 0. The molecule has 1 saturated heterocycles. The van der Waals surface area contributed by atoms with Gasteiger partial charge in [-0.1, -0.05) is 0 Å². The zero-order chi connectivity index (χ0) is 19.0. The van der Waals surface area contributed by atoms with Crippen molar-refractivity contribution in [1.82, 2.24) is 20.5 Å². The summed E-state index contributed by atoms with van der Waals surface area (Å²) >= 11 is 0. The maximum Gasteiger partial charge on any atom is 0.315 e. The molecule has 2 heterocycles. The molecule has 7 N–H and O–H groups in total. The molecule has 0 bridgehead atoms. The number of carbonyl (C=O) groups excluding carboxylic acids is 2. The first kappa shape index (κ1) is 17.5. The lowest BCUT2D eigenvalue weighted by atomic mass is 10.1. The largest absolute Gasteiger partial charge is 0.398 e. The van der Waals surface area contributed by atoms with Crippen molar-refractivity contribution in [2.45, 2.75) is 38.3 Å². The molecule has 0 unspecified atom stereocenters. The summed E-state index contributed by atoms with van der Waals surface area (Å²) < 4.78 is 0. The standard InChI is InChI=1S/C19H26N6O2/c20-15-7-14-16(21)9-22-17(14)6-12(15)8-23-19(27)24-13-2-1-5-25(10-13)18(26)11-3-4-11/h6-7,9,11,13,22H,1-5,8,10,20-21H2,(H2,23,24,27)/t13-/m1/s1. The molecule has 1 aromatic carbocycles. The Kier molecular flexibility index (Phi) is 4.55. The normalized spacial score (nSPS) is 19.9. The van der Waals surface area contributed by atoms with Gasteiger partial charge in [-0.25, -0.2) is 4.79 Å². The van der Waals surface area contributed by atoms with Crippen molar-refractivity contribution in [1.29, 1.82) is 0 Å². The summed E-state index contributed by atoms with van der Waals surface area (Å²) in [5, 5.41) is 6.72. The van der Waals surface area contributed by atoms with Gasteiger partial charge in [0.1, 0.15) is 0 Å². The molecule has 1 saturated carbocycles. The number of nitrogen functional groups attached to an aromatic ring is 2. The van der Waals surface area contributed by atoms with Crippen molar-refractivity contribution in [3.63, 3.8) is 0 Å².